The lowest BCUT2D eigenvalue weighted by Crippen LogP contribution is -2.49. The summed E-state index contributed by atoms with van der Waals surface area (Å²) in [6.45, 7) is 6.16. The Morgan fingerprint density at radius 1 is 1.14 bits per heavy atom. The number of anilines is 3. The fraction of sp³-hybridized carbons (Fsp3) is 0.480. The molecule has 5 rings (SSSR count). The molecule has 0 saturated carbocycles. The zero-order valence-corrected chi connectivity index (χ0v) is 21.8. The highest BCUT2D eigenvalue weighted by molar-refractivity contribution is 7.93. The molecule has 37 heavy (non-hydrogen) atoms. The standard InChI is InChI=1S/C25H31N5O6S/c1-17-12-18(2)23(26-14-17)27-7-9-28(10-8-27)24(32)21-5-4-19(30-20(15-31)16-36-25(30)33)13-22(21)29-6-3-11-37(29,34)35/h4-5,12-14,20,31H,3,6-11,15-16H2,1-2H3/t20-/m1/s1. The van der Waals surface area contributed by atoms with Gasteiger partial charge >= 0.3 is 6.09 Å². The van der Waals surface area contributed by atoms with Crippen LogP contribution in [-0.4, -0.2) is 93.1 Å². The van der Waals surface area contributed by atoms with Gasteiger partial charge in [0.05, 0.1) is 29.7 Å². The second kappa shape index (κ2) is 9.82. The molecule has 198 valence electrons. The number of piperazine rings is 1. The third kappa shape index (κ3) is 4.71. The molecule has 0 aliphatic carbocycles. The van der Waals surface area contributed by atoms with Gasteiger partial charge in [0.2, 0.25) is 10.0 Å². The van der Waals surface area contributed by atoms with Crippen LogP contribution < -0.4 is 14.1 Å². The maximum Gasteiger partial charge on any atom is 0.414 e. The first-order valence-corrected chi connectivity index (χ1v) is 14.0. The normalized spacial score (nSPS) is 21.5. The minimum absolute atomic E-state index is 0.00253. The molecule has 0 unspecified atom stereocenters. The molecule has 1 aromatic carbocycles. The smallest absolute Gasteiger partial charge is 0.414 e. The van der Waals surface area contributed by atoms with Gasteiger partial charge in [0.1, 0.15) is 12.4 Å². The molecular formula is C25H31N5O6S. The second-order valence-corrected chi connectivity index (χ2v) is 11.7. The summed E-state index contributed by atoms with van der Waals surface area (Å²) in [5.74, 6) is 0.638. The van der Waals surface area contributed by atoms with Gasteiger partial charge in [-0.05, 0) is 49.6 Å². The summed E-state index contributed by atoms with van der Waals surface area (Å²) in [5, 5.41) is 9.68. The number of aromatic nitrogens is 1. The number of carbonyl (C=O) groups is 2. The van der Waals surface area contributed by atoms with Crippen LogP contribution in [0.3, 0.4) is 0 Å². The zero-order chi connectivity index (χ0) is 26.3. The van der Waals surface area contributed by atoms with Crippen molar-refractivity contribution in [3.05, 3.63) is 47.2 Å². The van der Waals surface area contributed by atoms with Crippen molar-refractivity contribution in [1.29, 1.82) is 0 Å². The van der Waals surface area contributed by atoms with E-state index in [2.05, 4.69) is 16.0 Å². The Balaban J connectivity index is 1.42. The van der Waals surface area contributed by atoms with Crippen molar-refractivity contribution in [3.8, 4) is 0 Å². The Bertz CT molecular complexity index is 1320. The molecule has 2 aromatic rings. The molecule has 12 heteroatoms. The van der Waals surface area contributed by atoms with Crippen LogP contribution in [-0.2, 0) is 14.8 Å². The number of hydrogen-bond donors (Lipinski definition) is 1. The number of sulfonamides is 1. The summed E-state index contributed by atoms with van der Waals surface area (Å²) >= 11 is 0. The van der Waals surface area contributed by atoms with Crippen LogP contribution in [0, 0.1) is 13.8 Å². The molecule has 1 N–H and O–H groups in total. The van der Waals surface area contributed by atoms with Crippen LogP contribution in [0.2, 0.25) is 0 Å². The average Bonchev–Trinajstić information content (AvgIpc) is 3.44. The summed E-state index contributed by atoms with van der Waals surface area (Å²) in [7, 11) is -3.59. The molecule has 0 spiro atoms. The number of ether oxygens (including phenoxy) is 1. The first-order chi connectivity index (χ1) is 17.7. The van der Waals surface area contributed by atoms with E-state index in [9.17, 15) is 23.1 Å². The lowest BCUT2D eigenvalue weighted by molar-refractivity contribution is 0.0747. The van der Waals surface area contributed by atoms with Gasteiger partial charge in [0.25, 0.3) is 5.91 Å². The van der Waals surface area contributed by atoms with Gasteiger partial charge in [0, 0.05) is 44.6 Å². The van der Waals surface area contributed by atoms with Crippen LogP contribution in [0.5, 0.6) is 0 Å². The Kier molecular flexibility index (Phi) is 6.71. The van der Waals surface area contributed by atoms with E-state index < -0.39 is 22.2 Å². The van der Waals surface area contributed by atoms with E-state index in [1.165, 1.54) is 9.21 Å². The molecule has 0 bridgehead atoms. The number of hydrogen-bond acceptors (Lipinski definition) is 8. The first-order valence-electron chi connectivity index (χ1n) is 12.4. The minimum Gasteiger partial charge on any atom is -0.447 e. The van der Waals surface area contributed by atoms with Crippen molar-refractivity contribution in [2.24, 2.45) is 0 Å². The molecule has 4 heterocycles. The van der Waals surface area contributed by atoms with E-state index in [0.29, 0.717) is 38.3 Å². The number of aliphatic hydroxyl groups excluding tert-OH is 1. The number of aryl methyl sites for hydroxylation is 2. The van der Waals surface area contributed by atoms with Crippen LogP contribution in [0.25, 0.3) is 0 Å². The summed E-state index contributed by atoms with van der Waals surface area (Å²) in [6, 6.07) is 6.22. The molecule has 3 saturated heterocycles. The maximum absolute atomic E-state index is 13.7. The molecule has 1 atom stereocenters. The quantitative estimate of drug-likeness (QED) is 0.619. The lowest BCUT2D eigenvalue weighted by atomic mass is 10.1. The number of rotatable bonds is 5. The summed E-state index contributed by atoms with van der Waals surface area (Å²) < 4.78 is 32.0. The minimum atomic E-state index is -3.59. The molecule has 1 aromatic heterocycles. The van der Waals surface area contributed by atoms with Crippen molar-refractivity contribution >= 4 is 39.2 Å². The number of aliphatic hydroxyl groups is 1. The van der Waals surface area contributed by atoms with Gasteiger partial charge in [-0.1, -0.05) is 6.07 Å². The van der Waals surface area contributed by atoms with Crippen LogP contribution in [0.4, 0.5) is 22.0 Å². The third-order valence-corrected chi connectivity index (χ3v) is 8.94. The molecule has 3 aliphatic rings. The summed E-state index contributed by atoms with van der Waals surface area (Å²) in [5.41, 5.74) is 3.06. The van der Waals surface area contributed by atoms with E-state index in [1.54, 1.807) is 23.1 Å². The second-order valence-electron chi connectivity index (χ2n) is 9.66. The van der Waals surface area contributed by atoms with Gasteiger partial charge < -0.3 is 19.6 Å². The number of carbonyl (C=O) groups excluding carboxylic acids is 2. The molecule has 2 amide bonds. The highest BCUT2D eigenvalue weighted by Gasteiger charge is 2.37. The van der Waals surface area contributed by atoms with Crippen molar-refractivity contribution in [2.75, 3.05) is 65.8 Å². The zero-order valence-electron chi connectivity index (χ0n) is 21.0. The summed E-state index contributed by atoms with van der Waals surface area (Å²) in [4.78, 5) is 35.8. The van der Waals surface area contributed by atoms with Crippen molar-refractivity contribution < 1.29 is 27.9 Å². The Hall–Kier alpha value is -3.38. The van der Waals surface area contributed by atoms with Gasteiger partial charge in [-0.2, -0.15) is 0 Å². The van der Waals surface area contributed by atoms with Gasteiger partial charge in [-0.15, -0.1) is 0 Å². The number of cyclic esters (lactones) is 1. The lowest BCUT2D eigenvalue weighted by Gasteiger charge is -2.36. The van der Waals surface area contributed by atoms with Crippen molar-refractivity contribution in [1.82, 2.24) is 9.88 Å². The highest BCUT2D eigenvalue weighted by Crippen LogP contribution is 2.35. The number of benzene rings is 1. The fourth-order valence-electron chi connectivity index (χ4n) is 5.21. The topological polar surface area (TPSA) is 124 Å². The van der Waals surface area contributed by atoms with Crippen LogP contribution in [0.1, 0.15) is 27.9 Å². The fourth-order valence-corrected chi connectivity index (χ4v) is 6.78. The highest BCUT2D eigenvalue weighted by atomic mass is 32.2. The number of nitrogens with zero attached hydrogens (tertiary/aromatic N) is 5. The third-order valence-electron chi connectivity index (χ3n) is 7.08. The maximum atomic E-state index is 13.7. The predicted molar refractivity (Wildman–Crippen MR) is 139 cm³/mol. The Labute approximate surface area is 216 Å². The first kappa shape index (κ1) is 25.3. The molecule has 11 nitrogen and oxygen atoms in total. The van der Waals surface area contributed by atoms with Gasteiger partial charge in [0.15, 0.2) is 0 Å². The van der Waals surface area contributed by atoms with E-state index in [0.717, 1.165) is 16.9 Å². The van der Waals surface area contributed by atoms with Gasteiger partial charge in [-0.3, -0.25) is 14.0 Å². The van der Waals surface area contributed by atoms with Crippen molar-refractivity contribution in [2.45, 2.75) is 26.3 Å². The van der Waals surface area contributed by atoms with E-state index in [1.807, 2.05) is 20.0 Å². The largest absolute Gasteiger partial charge is 0.447 e. The molecular weight excluding hydrogens is 498 g/mol. The van der Waals surface area contributed by atoms with E-state index in [4.69, 9.17) is 4.74 Å². The molecule has 3 fully saturated rings. The van der Waals surface area contributed by atoms with Gasteiger partial charge in [-0.25, -0.2) is 18.2 Å². The SMILES string of the molecule is Cc1cnc(N2CCN(C(=O)c3ccc(N4C(=O)OC[C@H]4CO)cc3N3CCCS3(=O)=O)CC2)c(C)c1. The number of amides is 2. The van der Waals surface area contributed by atoms with Crippen LogP contribution >= 0.6 is 0 Å². The molecule has 3 aliphatic heterocycles. The predicted octanol–water partition coefficient (Wildman–Crippen LogP) is 1.52. The number of pyridine rings is 1. The van der Waals surface area contributed by atoms with Crippen LogP contribution in [0.15, 0.2) is 30.5 Å². The summed E-state index contributed by atoms with van der Waals surface area (Å²) in [6.07, 6.45) is 1.67. The van der Waals surface area contributed by atoms with E-state index in [-0.39, 0.29) is 42.7 Å². The Morgan fingerprint density at radius 3 is 2.54 bits per heavy atom. The monoisotopic (exact) mass is 529 g/mol. The van der Waals surface area contributed by atoms with E-state index >= 15 is 0 Å². The van der Waals surface area contributed by atoms with Crippen molar-refractivity contribution in [3.63, 3.8) is 0 Å². The molecule has 0 radical (unpaired) electrons. The Morgan fingerprint density at radius 2 is 1.89 bits per heavy atom. The average molecular weight is 530 g/mol.